The van der Waals surface area contributed by atoms with E-state index in [0.717, 1.165) is 21.9 Å². The van der Waals surface area contributed by atoms with E-state index in [9.17, 15) is 13.2 Å². The van der Waals surface area contributed by atoms with Crippen molar-refractivity contribution in [3.8, 4) is 11.8 Å². The lowest BCUT2D eigenvalue weighted by molar-refractivity contribution is 0.445. The number of rotatable bonds is 1. The topological polar surface area (TPSA) is 0 Å². The second-order valence-electron chi connectivity index (χ2n) is 3.87. The maximum Gasteiger partial charge on any atom is 0.194 e. The first-order valence-electron chi connectivity index (χ1n) is 5.35. The summed E-state index contributed by atoms with van der Waals surface area (Å²) in [5.74, 6) is 1.77. The first-order chi connectivity index (χ1) is 8.97. The molecule has 0 aliphatic rings. The van der Waals surface area contributed by atoms with Gasteiger partial charge in [0.25, 0.3) is 0 Å². The number of hydrogen-bond donors (Lipinski definition) is 0. The number of aryl methyl sites for hydroxylation is 1. The molecule has 0 radical (unpaired) electrons. The maximum absolute atomic E-state index is 13.0. The Morgan fingerprint density at radius 1 is 1.16 bits per heavy atom. The van der Waals surface area contributed by atoms with Crippen molar-refractivity contribution >= 4 is 22.9 Å². The molecule has 0 atom stereocenters. The number of benzene rings is 1. The smallest absolute Gasteiger partial charge is 0.194 e. The second-order valence-corrected chi connectivity index (χ2v) is 5.53. The molecule has 0 saturated carbocycles. The highest BCUT2D eigenvalue weighted by Crippen LogP contribution is 2.25. The molecular weight excluding hydrogens is 293 g/mol. The monoisotopic (exact) mass is 300 g/mol. The number of thiophene rings is 1. The Morgan fingerprint density at radius 3 is 2.32 bits per heavy atom. The van der Waals surface area contributed by atoms with E-state index < -0.39 is 17.5 Å². The van der Waals surface area contributed by atoms with E-state index >= 15 is 0 Å². The molecule has 2 rings (SSSR count). The predicted molar refractivity (Wildman–Crippen MR) is 71.0 cm³/mol. The molecule has 1 aromatic carbocycles. The highest BCUT2D eigenvalue weighted by Gasteiger charge is 2.09. The van der Waals surface area contributed by atoms with Gasteiger partial charge in [-0.15, -0.1) is 11.3 Å². The van der Waals surface area contributed by atoms with Crippen molar-refractivity contribution in [2.45, 2.75) is 13.3 Å². The van der Waals surface area contributed by atoms with Crippen LogP contribution in [0.25, 0.3) is 0 Å². The summed E-state index contributed by atoms with van der Waals surface area (Å²) >= 11 is 7.33. The van der Waals surface area contributed by atoms with Crippen molar-refractivity contribution in [3.05, 3.63) is 56.0 Å². The van der Waals surface area contributed by atoms with Crippen molar-refractivity contribution in [1.29, 1.82) is 0 Å². The Morgan fingerprint density at radius 2 is 1.79 bits per heavy atom. The van der Waals surface area contributed by atoms with Gasteiger partial charge in [0.05, 0.1) is 9.90 Å². The van der Waals surface area contributed by atoms with E-state index in [0.29, 0.717) is 10.6 Å². The summed E-state index contributed by atoms with van der Waals surface area (Å²) in [5, 5.41) is 0.646. The zero-order valence-corrected chi connectivity index (χ0v) is 11.4. The maximum atomic E-state index is 13.0. The first-order valence-corrected chi connectivity index (χ1v) is 6.55. The van der Waals surface area contributed by atoms with Gasteiger partial charge in [0.1, 0.15) is 0 Å². The molecule has 0 spiro atoms. The van der Waals surface area contributed by atoms with Crippen LogP contribution >= 0.6 is 22.9 Å². The van der Waals surface area contributed by atoms with E-state index in [4.69, 9.17) is 11.6 Å². The van der Waals surface area contributed by atoms with E-state index in [1.807, 2.05) is 6.92 Å². The molecule has 1 heterocycles. The molecule has 0 N–H and O–H groups in total. The molecule has 19 heavy (non-hydrogen) atoms. The fourth-order valence-corrected chi connectivity index (χ4v) is 2.54. The van der Waals surface area contributed by atoms with Gasteiger partial charge in [-0.25, -0.2) is 13.2 Å². The lowest BCUT2D eigenvalue weighted by Crippen LogP contribution is -1.93. The van der Waals surface area contributed by atoms with Gasteiger partial charge < -0.3 is 0 Å². The van der Waals surface area contributed by atoms with Gasteiger partial charge in [-0.1, -0.05) is 23.4 Å². The third kappa shape index (κ3) is 3.31. The van der Waals surface area contributed by atoms with Gasteiger partial charge in [0.2, 0.25) is 0 Å². The van der Waals surface area contributed by atoms with Gasteiger partial charge in [0, 0.05) is 11.3 Å². The van der Waals surface area contributed by atoms with Crippen LogP contribution in [0.2, 0.25) is 5.02 Å². The molecule has 0 unspecified atom stereocenters. The van der Waals surface area contributed by atoms with Crippen molar-refractivity contribution in [3.63, 3.8) is 0 Å². The van der Waals surface area contributed by atoms with Crippen molar-refractivity contribution in [1.82, 2.24) is 0 Å². The largest absolute Gasteiger partial charge is 0.204 e. The highest BCUT2D eigenvalue weighted by atomic mass is 35.5. The van der Waals surface area contributed by atoms with Crippen LogP contribution in [0.1, 0.15) is 15.3 Å². The fourth-order valence-electron chi connectivity index (χ4n) is 1.46. The summed E-state index contributed by atoms with van der Waals surface area (Å²) < 4.78 is 38.7. The third-order valence-corrected chi connectivity index (χ3v) is 3.88. The van der Waals surface area contributed by atoms with Gasteiger partial charge in [0.15, 0.2) is 17.5 Å². The van der Waals surface area contributed by atoms with Crippen molar-refractivity contribution in [2.75, 3.05) is 0 Å². The van der Waals surface area contributed by atoms with E-state index in [1.165, 1.54) is 11.3 Å². The Labute approximate surface area is 117 Å². The molecule has 0 nitrogen and oxygen atoms in total. The summed E-state index contributed by atoms with van der Waals surface area (Å²) in [7, 11) is 0. The normalized spacial score (nSPS) is 10.2. The molecular formula is C14H8ClF3S. The molecule has 2 aromatic rings. The van der Waals surface area contributed by atoms with Crippen molar-refractivity contribution < 1.29 is 13.2 Å². The zero-order valence-electron chi connectivity index (χ0n) is 9.86. The molecule has 5 heteroatoms. The van der Waals surface area contributed by atoms with Crippen LogP contribution in [0.3, 0.4) is 0 Å². The Hall–Kier alpha value is -1.44. The van der Waals surface area contributed by atoms with Crippen LogP contribution in [0.15, 0.2) is 18.2 Å². The minimum atomic E-state index is -1.46. The minimum Gasteiger partial charge on any atom is -0.204 e. The molecule has 0 amide bonds. The quantitative estimate of drug-likeness (QED) is 0.528. The molecule has 1 aromatic heterocycles. The van der Waals surface area contributed by atoms with E-state index in [2.05, 4.69) is 11.8 Å². The second kappa shape index (κ2) is 5.68. The highest BCUT2D eigenvalue weighted by molar-refractivity contribution is 7.13. The van der Waals surface area contributed by atoms with Gasteiger partial charge in [-0.05, 0) is 30.7 Å². The van der Waals surface area contributed by atoms with Crippen LogP contribution in [-0.4, -0.2) is 0 Å². The molecule has 0 aliphatic heterocycles. The molecule has 0 aliphatic carbocycles. The fraction of sp³-hybridized carbons (Fsp3) is 0.143. The summed E-state index contributed by atoms with van der Waals surface area (Å²) in [4.78, 5) is 1.75. The molecule has 98 valence electrons. The van der Waals surface area contributed by atoms with E-state index in [1.54, 1.807) is 6.07 Å². The summed E-state index contributed by atoms with van der Waals surface area (Å²) in [6.45, 7) is 1.88. The van der Waals surface area contributed by atoms with Crippen LogP contribution in [0, 0.1) is 36.2 Å². The average Bonchev–Trinajstić information content (AvgIpc) is 2.65. The van der Waals surface area contributed by atoms with Gasteiger partial charge in [-0.3, -0.25) is 0 Å². The van der Waals surface area contributed by atoms with Crippen LogP contribution < -0.4 is 0 Å². The average molecular weight is 301 g/mol. The van der Waals surface area contributed by atoms with E-state index in [-0.39, 0.29) is 6.42 Å². The predicted octanol–water partition coefficient (Wildman–Crippen LogP) is 4.72. The SMILES string of the molecule is Cc1sc(C#CCc2cc(F)c(F)c(F)c2)cc1Cl. The first kappa shape index (κ1) is 14.0. The minimum absolute atomic E-state index is 0.142. The van der Waals surface area contributed by atoms with Crippen molar-refractivity contribution in [2.24, 2.45) is 0 Å². The number of halogens is 4. The Bertz CT molecular complexity index is 637. The molecule has 0 saturated heterocycles. The van der Waals surface area contributed by atoms with Crippen LogP contribution in [0.5, 0.6) is 0 Å². The standard InChI is InChI=1S/C14H8ClF3S/c1-8-11(15)7-10(19-8)4-2-3-9-5-12(16)14(18)13(17)6-9/h5-7H,3H2,1H3. The number of hydrogen-bond acceptors (Lipinski definition) is 1. The zero-order chi connectivity index (χ0) is 14.0. The van der Waals surface area contributed by atoms with Gasteiger partial charge >= 0.3 is 0 Å². The Balaban J connectivity index is 2.15. The van der Waals surface area contributed by atoms with Crippen LogP contribution in [0.4, 0.5) is 13.2 Å². The summed E-state index contributed by atoms with van der Waals surface area (Å²) in [5.41, 5.74) is 0.295. The third-order valence-electron chi connectivity index (χ3n) is 2.40. The summed E-state index contributed by atoms with van der Waals surface area (Å²) in [6, 6.07) is 3.62. The Kier molecular flexibility index (Phi) is 4.18. The van der Waals surface area contributed by atoms with Gasteiger partial charge in [-0.2, -0.15) is 0 Å². The lowest BCUT2D eigenvalue weighted by Gasteiger charge is -1.98. The molecule has 0 fully saturated rings. The van der Waals surface area contributed by atoms with Crippen LogP contribution in [-0.2, 0) is 6.42 Å². The molecule has 0 bridgehead atoms. The lowest BCUT2D eigenvalue weighted by atomic mass is 10.1. The summed E-state index contributed by atoms with van der Waals surface area (Å²) in [6.07, 6.45) is 0.142.